The number of amides is 2. The number of primary amides is 1. The second kappa shape index (κ2) is 6.54. The van der Waals surface area contributed by atoms with Crippen molar-refractivity contribution in [3.8, 4) is 11.5 Å². The SMILES string of the molecule is CC(C)C[C@@H](Nc1nc(-c2ccco2)c2c(c1F)CNC2=O)C(N)=O. The van der Waals surface area contributed by atoms with Gasteiger partial charge in [-0.1, -0.05) is 13.8 Å². The van der Waals surface area contributed by atoms with Gasteiger partial charge in [0.25, 0.3) is 5.91 Å². The van der Waals surface area contributed by atoms with Gasteiger partial charge >= 0.3 is 0 Å². The highest BCUT2D eigenvalue weighted by Gasteiger charge is 2.32. The van der Waals surface area contributed by atoms with Crippen LogP contribution in [0.2, 0.25) is 0 Å². The lowest BCUT2D eigenvalue weighted by atomic mass is 10.0. The molecule has 8 heteroatoms. The smallest absolute Gasteiger partial charge is 0.254 e. The minimum absolute atomic E-state index is 0.0519. The van der Waals surface area contributed by atoms with E-state index >= 15 is 0 Å². The Morgan fingerprint density at radius 3 is 2.88 bits per heavy atom. The Morgan fingerprint density at radius 1 is 1.52 bits per heavy atom. The minimum Gasteiger partial charge on any atom is -0.463 e. The van der Waals surface area contributed by atoms with Crippen LogP contribution < -0.4 is 16.4 Å². The van der Waals surface area contributed by atoms with Gasteiger partial charge in [0.2, 0.25) is 5.91 Å². The fourth-order valence-corrected chi connectivity index (χ4v) is 2.85. The van der Waals surface area contributed by atoms with Gasteiger partial charge in [0, 0.05) is 12.1 Å². The average molecular weight is 346 g/mol. The number of fused-ring (bicyclic) bond motifs is 1. The van der Waals surface area contributed by atoms with E-state index in [4.69, 9.17) is 10.2 Å². The molecule has 0 unspecified atom stereocenters. The summed E-state index contributed by atoms with van der Waals surface area (Å²) < 4.78 is 20.2. The highest BCUT2D eigenvalue weighted by molar-refractivity contribution is 6.03. The van der Waals surface area contributed by atoms with Gasteiger partial charge in [-0.05, 0) is 24.5 Å². The van der Waals surface area contributed by atoms with Gasteiger partial charge in [-0.15, -0.1) is 0 Å². The third kappa shape index (κ3) is 3.19. The molecule has 1 aliphatic rings. The van der Waals surface area contributed by atoms with Crippen LogP contribution in [0.5, 0.6) is 0 Å². The van der Waals surface area contributed by atoms with E-state index in [0.717, 1.165) is 0 Å². The van der Waals surface area contributed by atoms with E-state index in [1.54, 1.807) is 12.1 Å². The Morgan fingerprint density at radius 2 is 2.28 bits per heavy atom. The van der Waals surface area contributed by atoms with Crippen LogP contribution in [0.1, 0.15) is 36.2 Å². The summed E-state index contributed by atoms with van der Waals surface area (Å²) in [7, 11) is 0. The first-order valence-electron chi connectivity index (χ1n) is 7.98. The van der Waals surface area contributed by atoms with Crippen LogP contribution in [0.25, 0.3) is 11.5 Å². The number of aromatic nitrogens is 1. The van der Waals surface area contributed by atoms with Crippen LogP contribution in [0.3, 0.4) is 0 Å². The van der Waals surface area contributed by atoms with E-state index in [9.17, 15) is 14.0 Å². The maximum absolute atomic E-state index is 14.8. The normalized spacial score (nSPS) is 14.3. The molecule has 2 aromatic heterocycles. The molecule has 132 valence electrons. The molecule has 0 spiro atoms. The van der Waals surface area contributed by atoms with Crippen LogP contribution in [-0.2, 0) is 11.3 Å². The zero-order valence-electron chi connectivity index (χ0n) is 13.9. The number of nitrogens with one attached hydrogen (secondary N) is 2. The van der Waals surface area contributed by atoms with Crippen molar-refractivity contribution in [2.45, 2.75) is 32.9 Å². The molecule has 25 heavy (non-hydrogen) atoms. The molecule has 0 saturated carbocycles. The maximum Gasteiger partial charge on any atom is 0.254 e. The highest BCUT2D eigenvalue weighted by Crippen LogP contribution is 2.33. The molecular formula is C17H19FN4O3. The van der Waals surface area contributed by atoms with Gasteiger partial charge < -0.3 is 20.8 Å². The second-order valence-corrected chi connectivity index (χ2v) is 6.37. The number of pyridine rings is 1. The van der Waals surface area contributed by atoms with Crippen LogP contribution >= 0.6 is 0 Å². The lowest BCUT2D eigenvalue weighted by Gasteiger charge is -2.19. The Kier molecular flexibility index (Phi) is 4.43. The predicted molar refractivity (Wildman–Crippen MR) is 89.1 cm³/mol. The Hall–Kier alpha value is -2.90. The third-order valence-electron chi connectivity index (χ3n) is 4.00. The molecule has 0 fully saturated rings. The standard InChI is InChI=1S/C17H19FN4O3/c1-8(2)6-10(15(19)23)21-16-13(18)9-7-20-17(24)12(9)14(22-16)11-4-3-5-25-11/h3-5,8,10H,6-7H2,1-2H3,(H2,19,23)(H,20,24)(H,21,22)/t10-/m1/s1. The molecule has 0 bridgehead atoms. The number of carbonyl (C=O) groups is 2. The lowest BCUT2D eigenvalue weighted by molar-refractivity contribution is -0.119. The Balaban J connectivity index is 2.07. The molecule has 0 saturated heterocycles. The van der Waals surface area contributed by atoms with E-state index in [1.807, 2.05) is 13.8 Å². The summed E-state index contributed by atoms with van der Waals surface area (Å²) in [5.41, 5.74) is 5.99. The number of halogens is 1. The molecule has 2 amide bonds. The Labute approximate surface area is 143 Å². The summed E-state index contributed by atoms with van der Waals surface area (Å²) in [6.45, 7) is 3.91. The number of furan rings is 1. The highest BCUT2D eigenvalue weighted by atomic mass is 19.1. The summed E-state index contributed by atoms with van der Waals surface area (Å²) in [6.07, 6.45) is 1.87. The van der Waals surface area contributed by atoms with Gasteiger partial charge in [0.05, 0.1) is 11.8 Å². The van der Waals surface area contributed by atoms with Crippen molar-refractivity contribution in [3.05, 3.63) is 35.3 Å². The quantitative estimate of drug-likeness (QED) is 0.741. The zero-order valence-corrected chi connectivity index (χ0v) is 13.9. The van der Waals surface area contributed by atoms with Crippen molar-refractivity contribution in [1.29, 1.82) is 0 Å². The molecular weight excluding hydrogens is 327 g/mol. The van der Waals surface area contributed by atoms with E-state index in [0.29, 0.717) is 12.2 Å². The number of anilines is 1. The van der Waals surface area contributed by atoms with Crippen molar-refractivity contribution in [3.63, 3.8) is 0 Å². The number of rotatable bonds is 6. The number of nitrogens with two attached hydrogens (primary N) is 1. The largest absolute Gasteiger partial charge is 0.463 e. The van der Waals surface area contributed by atoms with E-state index in [2.05, 4.69) is 15.6 Å². The Bertz CT molecular complexity index is 818. The van der Waals surface area contributed by atoms with Crippen LogP contribution in [-0.4, -0.2) is 22.8 Å². The minimum atomic E-state index is -0.769. The van der Waals surface area contributed by atoms with Crippen LogP contribution in [0, 0.1) is 11.7 Å². The van der Waals surface area contributed by atoms with E-state index < -0.39 is 23.7 Å². The van der Waals surface area contributed by atoms with E-state index in [-0.39, 0.29) is 35.1 Å². The van der Waals surface area contributed by atoms with Gasteiger partial charge in [-0.2, -0.15) is 0 Å². The first kappa shape index (κ1) is 16.9. The van der Waals surface area contributed by atoms with Gasteiger partial charge in [-0.3, -0.25) is 9.59 Å². The molecule has 0 radical (unpaired) electrons. The summed E-state index contributed by atoms with van der Waals surface area (Å²) in [5.74, 6) is -1.27. The van der Waals surface area contributed by atoms with Crippen molar-refractivity contribution >= 4 is 17.6 Å². The molecule has 0 aliphatic carbocycles. The van der Waals surface area contributed by atoms with Crippen LogP contribution in [0.15, 0.2) is 22.8 Å². The average Bonchev–Trinajstić information content (AvgIpc) is 3.19. The third-order valence-corrected chi connectivity index (χ3v) is 4.00. The van der Waals surface area contributed by atoms with Crippen molar-refractivity contribution in [1.82, 2.24) is 10.3 Å². The van der Waals surface area contributed by atoms with Gasteiger partial charge in [0.15, 0.2) is 17.4 Å². The summed E-state index contributed by atoms with van der Waals surface area (Å²) in [5, 5.41) is 5.37. The first-order valence-corrected chi connectivity index (χ1v) is 7.98. The second-order valence-electron chi connectivity index (χ2n) is 6.37. The fourth-order valence-electron chi connectivity index (χ4n) is 2.85. The van der Waals surface area contributed by atoms with Gasteiger partial charge in [0.1, 0.15) is 11.7 Å². The van der Waals surface area contributed by atoms with Crippen LogP contribution in [0.4, 0.5) is 10.2 Å². The molecule has 1 atom stereocenters. The molecule has 3 rings (SSSR count). The lowest BCUT2D eigenvalue weighted by Crippen LogP contribution is -2.37. The molecule has 3 heterocycles. The number of carbonyl (C=O) groups excluding carboxylic acids is 2. The van der Waals surface area contributed by atoms with Crippen molar-refractivity contribution in [2.24, 2.45) is 11.7 Å². The zero-order chi connectivity index (χ0) is 18.1. The number of nitrogens with zero attached hydrogens (tertiary/aromatic N) is 1. The van der Waals surface area contributed by atoms with Crippen molar-refractivity contribution < 1.29 is 18.4 Å². The molecule has 2 aromatic rings. The monoisotopic (exact) mass is 346 g/mol. The molecule has 7 nitrogen and oxygen atoms in total. The predicted octanol–water partition coefficient (Wildman–Crippen LogP) is 2.04. The van der Waals surface area contributed by atoms with Crippen molar-refractivity contribution in [2.75, 3.05) is 5.32 Å². The number of hydrogen-bond donors (Lipinski definition) is 3. The summed E-state index contributed by atoms with van der Waals surface area (Å²) in [6, 6.07) is 2.52. The summed E-state index contributed by atoms with van der Waals surface area (Å²) in [4.78, 5) is 28.0. The number of hydrogen-bond acceptors (Lipinski definition) is 5. The summed E-state index contributed by atoms with van der Waals surface area (Å²) >= 11 is 0. The first-order chi connectivity index (χ1) is 11.9. The van der Waals surface area contributed by atoms with E-state index in [1.165, 1.54) is 6.26 Å². The topological polar surface area (TPSA) is 110 Å². The molecule has 4 N–H and O–H groups in total. The maximum atomic E-state index is 14.8. The molecule has 0 aromatic carbocycles. The van der Waals surface area contributed by atoms with Gasteiger partial charge in [-0.25, -0.2) is 9.37 Å². The fraction of sp³-hybridized carbons (Fsp3) is 0.353. The molecule has 1 aliphatic heterocycles.